The van der Waals surface area contributed by atoms with Crippen LogP contribution in [0.15, 0.2) is 120 Å². The number of fused-ring (bicyclic) bond motifs is 3. The Hall–Kier alpha value is -4.01. The van der Waals surface area contributed by atoms with Gasteiger partial charge < -0.3 is 23.9 Å². The van der Waals surface area contributed by atoms with E-state index in [1.165, 1.54) is 10.5 Å². The highest BCUT2D eigenvalue weighted by Crippen LogP contribution is 2.52. The van der Waals surface area contributed by atoms with Gasteiger partial charge in [-0.2, -0.15) is 0 Å². The number of phenolic OH excluding ortho intramolecular Hbond substituents is 1. The van der Waals surface area contributed by atoms with Crippen LogP contribution in [0.5, 0.6) is 11.5 Å². The monoisotopic (exact) mass is 909 g/mol. The van der Waals surface area contributed by atoms with E-state index in [0.717, 1.165) is 39.9 Å². The van der Waals surface area contributed by atoms with Crippen molar-refractivity contribution < 1.29 is 33.5 Å². The molecule has 0 radical (unpaired) electrons. The van der Waals surface area contributed by atoms with E-state index in [9.17, 15) is 19.7 Å². The van der Waals surface area contributed by atoms with E-state index in [-0.39, 0.29) is 35.5 Å². The largest absolute Gasteiger partial charge is 0.504 e. The number of carbonyl (C=O) groups is 2. The maximum Gasteiger partial charge on any atom is 0.455 e. The molecule has 0 saturated carbocycles. The molecule has 302 valence electrons. The van der Waals surface area contributed by atoms with Crippen molar-refractivity contribution in [3.63, 3.8) is 0 Å². The van der Waals surface area contributed by atoms with Crippen LogP contribution in [0.4, 0.5) is 5.69 Å². The van der Waals surface area contributed by atoms with Crippen LogP contribution in [0.25, 0.3) is 6.08 Å². The molecule has 2 saturated heterocycles. The van der Waals surface area contributed by atoms with Crippen molar-refractivity contribution in [2.75, 3.05) is 18.6 Å². The zero-order chi connectivity index (χ0) is 41.2. The smallest absolute Gasteiger partial charge is 0.455 e. The highest BCUT2D eigenvalue weighted by Gasteiger charge is 2.58. The van der Waals surface area contributed by atoms with Crippen LogP contribution < -0.4 is 20.0 Å². The summed E-state index contributed by atoms with van der Waals surface area (Å²) in [4.78, 5) is 30.3. The second-order valence-corrected chi connectivity index (χ2v) is 22.2. The standard InChI is InChI=1S/C47H53BINO7Si/c1-6-16-31(25-32-26-39(49)44(51)41(27-32)55-5)23-24-40-42-33(30-56-58(47(2,3)4,35-19-12-8-13-20-35)36-21-14-9-15-22-36)28-37-43(38(42)29-48(54)57-40)46(53)50(45(37)52)34-17-10-7-11-18-34/h7-15,17-22,25-27,37-38,40,43,51,54H,6,16,23-24,28-30H2,1-5H3/b31-25+/t37-,38+,40-,43-/m1/s1. The molecule has 8 nitrogen and oxygen atoms in total. The molecule has 2 N–H and O–H groups in total. The van der Waals surface area contributed by atoms with E-state index in [0.29, 0.717) is 34.3 Å². The number of halogens is 1. The van der Waals surface area contributed by atoms with Gasteiger partial charge in [0.2, 0.25) is 11.8 Å². The van der Waals surface area contributed by atoms with Crippen LogP contribution in [0.1, 0.15) is 65.4 Å². The summed E-state index contributed by atoms with van der Waals surface area (Å²) in [6.07, 6.45) is 5.31. The Morgan fingerprint density at radius 2 is 1.55 bits per heavy atom. The summed E-state index contributed by atoms with van der Waals surface area (Å²) >= 11 is 2.12. The first-order valence-electron chi connectivity index (χ1n) is 20.4. The molecule has 2 aliphatic heterocycles. The maximum atomic E-state index is 14.5. The first-order chi connectivity index (χ1) is 27.9. The molecule has 3 aliphatic rings. The van der Waals surface area contributed by atoms with Crippen LogP contribution in [0.2, 0.25) is 11.4 Å². The van der Waals surface area contributed by atoms with Crippen molar-refractivity contribution in [3.05, 3.63) is 129 Å². The lowest BCUT2D eigenvalue weighted by atomic mass is 9.58. The summed E-state index contributed by atoms with van der Waals surface area (Å²) in [6, 6.07) is 34.0. The fourth-order valence-electron chi connectivity index (χ4n) is 9.66. The number of methoxy groups -OCH3 is 1. The van der Waals surface area contributed by atoms with Crippen LogP contribution in [0.3, 0.4) is 0 Å². The predicted octanol–water partition coefficient (Wildman–Crippen LogP) is 8.55. The van der Waals surface area contributed by atoms with Gasteiger partial charge in [-0.1, -0.05) is 125 Å². The molecule has 11 heteroatoms. The van der Waals surface area contributed by atoms with Gasteiger partial charge in [-0.3, -0.25) is 14.5 Å². The van der Waals surface area contributed by atoms with Crippen molar-refractivity contribution in [3.8, 4) is 11.5 Å². The van der Waals surface area contributed by atoms with Gasteiger partial charge in [0.05, 0.1) is 40.9 Å². The van der Waals surface area contributed by atoms with Crippen LogP contribution in [-0.4, -0.2) is 57.2 Å². The number of ether oxygens (including phenoxy) is 1. The fourth-order valence-corrected chi connectivity index (χ4v) is 14.8. The Kier molecular flexibility index (Phi) is 12.8. The third kappa shape index (κ3) is 8.12. The summed E-state index contributed by atoms with van der Waals surface area (Å²) in [7, 11) is -2.53. The number of anilines is 1. The highest BCUT2D eigenvalue weighted by atomic mass is 127. The first kappa shape index (κ1) is 42.1. The number of imide groups is 1. The minimum absolute atomic E-state index is 0.119. The number of hydrogen-bond acceptors (Lipinski definition) is 7. The molecule has 1 aliphatic carbocycles. The van der Waals surface area contributed by atoms with E-state index in [1.807, 2.05) is 54.6 Å². The highest BCUT2D eigenvalue weighted by molar-refractivity contribution is 14.1. The quantitative estimate of drug-likeness (QED) is 0.0600. The topological polar surface area (TPSA) is 106 Å². The van der Waals surface area contributed by atoms with E-state index in [2.05, 4.69) is 105 Å². The Morgan fingerprint density at radius 3 is 2.14 bits per heavy atom. The molecular formula is C47H53BINO7Si. The average molecular weight is 910 g/mol. The van der Waals surface area contributed by atoms with Gasteiger partial charge in [0.25, 0.3) is 8.32 Å². The second-order valence-electron chi connectivity index (χ2n) is 16.8. The third-order valence-electron chi connectivity index (χ3n) is 12.1. The molecule has 4 atom stereocenters. The van der Waals surface area contributed by atoms with Gasteiger partial charge in [-0.05, 0) is 117 Å². The molecule has 0 unspecified atom stereocenters. The van der Waals surface area contributed by atoms with Gasteiger partial charge in [-0.15, -0.1) is 0 Å². The number of benzene rings is 4. The van der Waals surface area contributed by atoms with Crippen molar-refractivity contribution in [1.29, 1.82) is 0 Å². The number of rotatable bonds is 13. The number of carbonyl (C=O) groups excluding carboxylic acids is 2. The number of amides is 2. The number of para-hydroxylation sites is 1. The first-order valence-corrected chi connectivity index (χ1v) is 23.4. The van der Waals surface area contributed by atoms with E-state index >= 15 is 0 Å². The number of allylic oxidation sites excluding steroid dienone is 1. The summed E-state index contributed by atoms with van der Waals surface area (Å²) in [5.41, 5.74) is 4.69. The molecular weight excluding hydrogens is 856 g/mol. The maximum absolute atomic E-state index is 14.5. The Bertz CT molecular complexity index is 2140. The molecule has 0 aromatic heterocycles. The summed E-state index contributed by atoms with van der Waals surface area (Å²) in [6.45, 7) is 9.18. The van der Waals surface area contributed by atoms with Crippen molar-refractivity contribution >= 4 is 72.0 Å². The molecule has 7 rings (SSSR count). The van der Waals surface area contributed by atoms with E-state index < -0.39 is 39.3 Å². The molecule has 0 bridgehead atoms. The summed E-state index contributed by atoms with van der Waals surface area (Å²) < 4.78 is 20.2. The number of nitrogens with zero attached hydrogens (tertiary/aromatic N) is 1. The van der Waals surface area contributed by atoms with Crippen LogP contribution in [-0.2, 0) is 18.7 Å². The predicted molar refractivity (Wildman–Crippen MR) is 242 cm³/mol. The van der Waals surface area contributed by atoms with Gasteiger partial charge in [0.1, 0.15) is 0 Å². The molecule has 4 aromatic carbocycles. The van der Waals surface area contributed by atoms with E-state index in [1.54, 1.807) is 7.11 Å². The molecule has 58 heavy (non-hydrogen) atoms. The zero-order valence-corrected chi connectivity index (χ0v) is 37.1. The van der Waals surface area contributed by atoms with Gasteiger partial charge in [0.15, 0.2) is 11.5 Å². The summed E-state index contributed by atoms with van der Waals surface area (Å²) in [5, 5.41) is 23.9. The third-order valence-corrected chi connectivity index (χ3v) is 17.9. The van der Waals surface area contributed by atoms with Gasteiger partial charge in [-0.25, -0.2) is 0 Å². The average Bonchev–Trinajstić information content (AvgIpc) is 3.47. The summed E-state index contributed by atoms with van der Waals surface area (Å²) in [5.74, 6) is -1.46. The Balaban J connectivity index is 1.31. The Morgan fingerprint density at radius 1 is 0.931 bits per heavy atom. The SMILES string of the molecule is CCC/C(=C\c1cc(I)c(O)c(OC)c1)CC[C@H]1OB(O)C[C@H]2C1=C(CO[Si](c1ccccc1)(c1ccccc1)C(C)(C)C)C[C@H]1C(=O)N(c3ccccc3)C(=O)[C@H]12. The van der Waals surface area contributed by atoms with Gasteiger partial charge >= 0.3 is 7.12 Å². The lowest BCUT2D eigenvalue weighted by Gasteiger charge is -2.46. The zero-order valence-electron chi connectivity index (χ0n) is 34.0. The lowest BCUT2D eigenvalue weighted by Crippen LogP contribution is -2.66. The van der Waals surface area contributed by atoms with Crippen molar-refractivity contribution in [2.24, 2.45) is 17.8 Å². The van der Waals surface area contributed by atoms with E-state index in [4.69, 9.17) is 13.8 Å². The number of aromatic hydroxyl groups is 1. The Labute approximate surface area is 357 Å². The molecule has 4 aromatic rings. The molecule has 0 spiro atoms. The minimum Gasteiger partial charge on any atom is -0.504 e. The second kappa shape index (κ2) is 17.7. The van der Waals surface area contributed by atoms with Gasteiger partial charge in [0, 0.05) is 0 Å². The van der Waals surface area contributed by atoms with Crippen LogP contribution >= 0.6 is 22.6 Å². The normalized spacial score (nSPS) is 21.3. The van der Waals surface area contributed by atoms with Crippen molar-refractivity contribution in [1.82, 2.24) is 0 Å². The molecule has 2 heterocycles. The van der Waals surface area contributed by atoms with Crippen LogP contribution in [0, 0.1) is 21.3 Å². The number of phenols is 1. The fraction of sp³-hybridized carbons (Fsp3) is 0.362. The van der Waals surface area contributed by atoms with Crippen molar-refractivity contribution in [2.45, 2.75) is 77.3 Å². The molecule has 2 fully saturated rings. The number of hydrogen-bond donors (Lipinski definition) is 2. The molecule has 2 amide bonds. The lowest BCUT2D eigenvalue weighted by molar-refractivity contribution is -0.122. The minimum atomic E-state index is -2.99.